The maximum atomic E-state index is 12.8. The van der Waals surface area contributed by atoms with Gasteiger partial charge in [0.05, 0.1) is 24.0 Å². The van der Waals surface area contributed by atoms with E-state index in [1.807, 2.05) is 0 Å². The maximum absolute atomic E-state index is 12.8. The summed E-state index contributed by atoms with van der Waals surface area (Å²) in [6.45, 7) is 3.45. The normalized spacial score (nSPS) is 14.7. The molecule has 0 fully saturated rings. The Labute approximate surface area is 164 Å². The zero-order valence-corrected chi connectivity index (χ0v) is 15.7. The van der Waals surface area contributed by atoms with Crippen molar-refractivity contribution in [1.29, 1.82) is 0 Å². The minimum absolute atomic E-state index is 0.0557. The third-order valence-corrected chi connectivity index (χ3v) is 4.16. The molecule has 156 valence electrons. The van der Waals surface area contributed by atoms with E-state index in [2.05, 4.69) is 0 Å². The predicted octanol–water partition coefficient (Wildman–Crippen LogP) is 4.01. The predicted molar refractivity (Wildman–Crippen MR) is 95.7 cm³/mol. The lowest BCUT2D eigenvalue weighted by atomic mass is 9.85. The second kappa shape index (κ2) is 8.50. The summed E-state index contributed by atoms with van der Waals surface area (Å²) >= 11 is 0. The standard InChI is InChI=1S/C20H19F3O6/c1-10(2)3-6-15(29-16(27)7-8-20(21,22)23)11-9-14(26)17-12(24)4-5-13(25)18(17)19(11)28/h3-5,9,15,24-25H,6-8H2,1-2H3/t15-/m1/s1. The summed E-state index contributed by atoms with van der Waals surface area (Å²) in [5.74, 6) is -3.89. The van der Waals surface area contributed by atoms with Crippen LogP contribution in [0.3, 0.4) is 0 Å². The highest BCUT2D eigenvalue weighted by Crippen LogP contribution is 2.36. The lowest BCUT2D eigenvalue weighted by Crippen LogP contribution is -2.29. The molecule has 0 heterocycles. The Morgan fingerprint density at radius 3 is 2.28 bits per heavy atom. The molecule has 29 heavy (non-hydrogen) atoms. The van der Waals surface area contributed by atoms with Gasteiger partial charge < -0.3 is 14.9 Å². The molecule has 0 spiro atoms. The average Bonchev–Trinajstić information content (AvgIpc) is 2.61. The number of hydrogen-bond acceptors (Lipinski definition) is 6. The summed E-state index contributed by atoms with van der Waals surface area (Å²) in [6.07, 6.45) is -5.79. The first kappa shape index (κ1) is 22.2. The minimum Gasteiger partial charge on any atom is -0.507 e. The van der Waals surface area contributed by atoms with Crippen molar-refractivity contribution in [3.8, 4) is 11.5 Å². The van der Waals surface area contributed by atoms with E-state index in [9.17, 15) is 37.8 Å². The molecule has 0 aliphatic heterocycles. The van der Waals surface area contributed by atoms with Crippen LogP contribution in [-0.2, 0) is 9.53 Å². The number of aromatic hydroxyl groups is 2. The van der Waals surface area contributed by atoms with Gasteiger partial charge in [0, 0.05) is 12.0 Å². The summed E-state index contributed by atoms with van der Waals surface area (Å²) in [4.78, 5) is 37.1. The molecule has 6 nitrogen and oxygen atoms in total. The first-order chi connectivity index (χ1) is 13.4. The summed E-state index contributed by atoms with van der Waals surface area (Å²) in [5, 5.41) is 19.8. The van der Waals surface area contributed by atoms with Gasteiger partial charge in [0.1, 0.15) is 17.6 Å². The van der Waals surface area contributed by atoms with E-state index in [0.717, 1.165) is 23.8 Å². The van der Waals surface area contributed by atoms with Gasteiger partial charge in [-0.1, -0.05) is 11.6 Å². The molecule has 1 aliphatic carbocycles. The topological polar surface area (TPSA) is 101 Å². The van der Waals surface area contributed by atoms with Gasteiger partial charge in [0.25, 0.3) is 0 Å². The fraction of sp³-hybridized carbons (Fsp3) is 0.350. The average molecular weight is 412 g/mol. The van der Waals surface area contributed by atoms with Gasteiger partial charge in [-0.05, 0) is 32.1 Å². The van der Waals surface area contributed by atoms with Crippen molar-refractivity contribution in [1.82, 2.24) is 0 Å². The number of ether oxygens (including phenoxy) is 1. The lowest BCUT2D eigenvalue weighted by Gasteiger charge is -2.23. The first-order valence-electron chi connectivity index (χ1n) is 8.66. The van der Waals surface area contributed by atoms with Crippen molar-refractivity contribution in [3.05, 3.63) is 46.6 Å². The third kappa shape index (κ3) is 5.46. The number of carbonyl (C=O) groups excluding carboxylic acids is 3. The van der Waals surface area contributed by atoms with Crippen LogP contribution >= 0.6 is 0 Å². The summed E-state index contributed by atoms with van der Waals surface area (Å²) in [5.41, 5.74) is -0.331. The number of alkyl halides is 3. The van der Waals surface area contributed by atoms with E-state index in [1.165, 1.54) is 0 Å². The molecule has 1 aromatic carbocycles. The summed E-state index contributed by atoms with van der Waals surface area (Å²) in [6, 6.07) is 2.08. The Kier molecular flexibility index (Phi) is 6.51. The number of halogens is 3. The van der Waals surface area contributed by atoms with Crippen molar-refractivity contribution in [2.24, 2.45) is 0 Å². The molecule has 1 atom stereocenters. The van der Waals surface area contributed by atoms with E-state index in [-0.39, 0.29) is 17.6 Å². The van der Waals surface area contributed by atoms with Crippen LogP contribution in [0.5, 0.6) is 11.5 Å². The van der Waals surface area contributed by atoms with Crippen LogP contribution in [0.25, 0.3) is 0 Å². The Morgan fingerprint density at radius 1 is 1.14 bits per heavy atom. The van der Waals surface area contributed by atoms with Gasteiger partial charge >= 0.3 is 12.1 Å². The fourth-order valence-corrected chi connectivity index (χ4v) is 2.77. The molecular weight excluding hydrogens is 393 g/mol. The second-order valence-electron chi connectivity index (χ2n) is 6.76. The smallest absolute Gasteiger partial charge is 0.389 e. The quantitative estimate of drug-likeness (QED) is 0.416. The highest BCUT2D eigenvalue weighted by molar-refractivity contribution is 6.27. The Balaban J connectivity index is 2.37. The maximum Gasteiger partial charge on any atom is 0.389 e. The zero-order chi connectivity index (χ0) is 21.9. The molecule has 0 saturated heterocycles. The molecular formula is C20H19F3O6. The first-order valence-corrected chi connectivity index (χ1v) is 8.66. The molecule has 0 unspecified atom stereocenters. The number of carbonyl (C=O) groups is 3. The molecule has 1 aliphatic rings. The second-order valence-corrected chi connectivity index (χ2v) is 6.76. The van der Waals surface area contributed by atoms with Gasteiger partial charge in [-0.2, -0.15) is 13.2 Å². The van der Waals surface area contributed by atoms with Gasteiger partial charge in [-0.25, -0.2) is 0 Å². The van der Waals surface area contributed by atoms with Crippen LogP contribution in [0.15, 0.2) is 35.4 Å². The van der Waals surface area contributed by atoms with Crippen LogP contribution in [-0.4, -0.2) is 40.0 Å². The summed E-state index contributed by atoms with van der Waals surface area (Å²) in [7, 11) is 0. The number of hydrogen-bond donors (Lipinski definition) is 2. The highest BCUT2D eigenvalue weighted by atomic mass is 19.4. The zero-order valence-electron chi connectivity index (χ0n) is 15.7. The number of phenolic OH excluding ortho intramolecular Hbond substituents is 2. The number of Topliss-reactive ketones (excluding diaryl/α,β-unsaturated/α-hetero) is 1. The van der Waals surface area contributed by atoms with E-state index < -0.39 is 59.7 Å². The van der Waals surface area contributed by atoms with E-state index in [1.54, 1.807) is 19.9 Å². The van der Waals surface area contributed by atoms with E-state index in [0.29, 0.717) is 0 Å². The van der Waals surface area contributed by atoms with Crippen LogP contribution in [0.2, 0.25) is 0 Å². The fourth-order valence-electron chi connectivity index (χ4n) is 2.77. The SMILES string of the molecule is CC(C)=CC[C@@H](OC(=O)CCC(F)(F)F)C1=CC(=O)c2c(O)ccc(O)c2C1=O. The van der Waals surface area contributed by atoms with Crippen molar-refractivity contribution < 1.29 is 42.5 Å². The molecule has 0 radical (unpaired) electrons. The summed E-state index contributed by atoms with van der Waals surface area (Å²) < 4.78 is 42.1. The Hall–Kier alpha value is -3.10. The highest BCUT2D eigenvalue weighted by Gasteiger charge is 2.36. The molecule has 1 aromatic rings. The van der Waals surface area contributed by atoms with Gasteiger partial charge in [0.2, 0.25) is 0 Å². The van der Waals surface area contributed by atoms with Crippen LogP contribution in [0, 0.1) is 0 Å². The molecule has 0 aromatic heterocycles. The van der Waals surface area contributed by atoms with Crippen molar-refractivity contribution in [2.45, 2.75) is 45.4 Å². The number of phenols is 2. The monoisotopic (exact) mass is 412 g/mol. The number of ketones is 2. The van der Waals surface area contributed by atoms with Crippen molar-refractivity contribution in [3.63, 3.8) is 0 Å². The van der Waals surface area contributed by atoms with Gasteiger partial charge in [0.15, 0.2) is 11.6 Å². The molecule has 0 bridgehead atoms. The van der Waals surface area contributed by atoms with E-state index >= 15 is 0 Å². The Bertz CT molecular complexity index is 908. The number of allylic oxidation sites excluding steroid dienone is 2. The third-order valence-electron chi connectivity index (χ3n) is 4.16. The molecule has 0 amide bonds. The van der Waals surface area contributed by atoms with Gasteiger partial charge in [-0.15, -0.1) is 0 Å². The number of esters is 1. The van der Waals surface area contributed by atoms with Crippen LogP contribution in [0.1, 0.15) is 53.8 Å². The van der Waals surface area contributed by atoms with Crippen molar-refractivity contribution in [2.75, 3.05) is 0 Å². The molecule has 0 saturated carbocycles. The number of fused-ring (bicyclic) bond motifs is 1. The van der Waals surface area contributed by atoms with Gasteiger partial charge in [-0.3, -0.25) is 14.4 Å². The van der Waals surface area contributed by atoms with Crippen LogP contribution in [0.4, 0.5) is 13.2 Å². The van der Waals surface area contributed by atoms with Crippen LogP contribution < -0.4 is 0 Å². The van der Waals surface area contributed by atoms with E-state index in [4.69, 9.17) is 4.74 Å². The lowest BCUT2D eigenvalue weighted by molar-refractivity contribution is -0.159. The molecule has 2 rings (SSSR count). The van der Waals surface area contributed by atoms with Crippen molar-refractivity contribution >= 4 is 17.5 Å². The number of rotatable bonds is 6. The Morgan fingerprint density at radius 2 is 1.72 bits per heavy atom. The molecule has 2 N–H and O–H groups in total. The number of benzene rings is 1. The minimum atomic E-state index is -4.55. The largest absolute Gasteiger partial charge is 0.507 e. The molecule has 9 heteroatoms.